The summed E-state index contributed by atoms with van der Waals surface area (Å²) in [7, 11) is 0. The van der Waals surface area contributed by atoms with E-state index in [0.29, 0.717) is 17.5 Å². The molecule has 47 heavy (non-hydrogen) atoms. The van der Waals surface area contributed by atoms with Crippen LogP contribution in [-0.2, 0) is 0 Å². The Labute approximate surface area is 269 Å². The quantitative estimate of drug-likeness (QED) is 0.201. The standard InChI is InChI=1S/C42H24N4O/c1-2-8-26(9-3-1)40-44-41(46-42(45-40)34-13-7-15-37-39(34)33-10-4-5-14-36(33)47-37)27-18-16-25(17-19-27)28-20-21-32-35-24-43-23-22-29(35)31-12-6-11-30(28)38(31)32/h1-24H. The summed E-state index contributed by atoms with van der Waals surface area (Å²) in [6.07, 6.45) is 3.84. The van der Waals surface area contributed by atoms with Crippen LogP contribution in [0, 0.1) is 0 Å². The third-order valence-corrected chi connectivity index (χ3v) is 9.21. The van der Waals surface area contributed by atoms with Gasteiger partial charge in [-0.2, -0.15) is 0 Å². The second-order valence-corrected chi connectivity index (χ2v) is 11.8. The van der Waals surface area contributed by atoms with Crippen LogP contribution in [-0.4, -0.2) is 19.9 Å². The molecule has 0 aliphatic heterocycles. The van der Waals surface area contributed by atoms with E-state index in [1.54, 1.807) is 0 Å². The predicted molar refractivity (Wildman–Crippen MR) is 189 cm³/mol. The van der Waals surface area contributed by atoms with Crippen molar-refractivity contribution >= 4 is 32.7 Å². The van der Waals surface area contributed by atoms with Crippen LogP contribution in [0.3, 0.4) is 0 Å². The molecule has 0 unspecified atom stereocenters. The highest BCUT2D eigenvalue weighted by molar-refractivity contribution is 6.18. The Morgan fingerprint density at radius 1 is 0.362 bits per heavy atom. The molecule has 5 heteroatoms. The summed E-state index contributed by atoms with van der Waals surface area (Å²) in [4.78, 5) is 19.5. The summed E-state index contributed by atoms with van der Waals surface area (Å²) < 4.78 is 6.19. The number of hydrogen-bond donors (Lipinski definition) is 0. The zero-order valence-electron chi connectivity index (χ0n) is 25.1. The zero-order valence-corrected chi connectivity index (χ0v) is 25.1. The highest BCUT2D eigenvalue weighted by atomic mass is 16.3. The predicted octanol–water partition coefficient (Wildman–Crippen LogP) is 10.6. The molecule has 1 aliphatic rings. The van der Waals surface area contributed by atoms with Gasteiger partial charge in [0.05, 0.1) is 0 Å². The minimum atomic E-state index is 0.608. The second kappa shape index (κ2) is 10.0. The number of rotatable bonds is 4. The van der Waals surface area contributed by atoms with Gasteiger partial charge in [-0.25, -0.2) is 15.0 Å². The maximum Gasteiger partial charge on any atom is 0.164 e. The van der Waals surface area contributed by atoms with Crippen LogP contribution in [0.25, 0.3) is 100 Å². The summed E-state index contributed by atoms with van der Waals surface area (Å²) in [6.45, 7) is 0. The van der Waals surface area contributed by atoms with Crippen LogP contribution in [0.2, 0.25) is 0 Å². The van der Waals surface area contributed by atoms with E-state index in [0.717, 1.165) is 44.2 Å². The van der Waals surface area contributed by atoms with Gasteiger partial charge in [0.2, 0.25) is 0 Å². The van der Waals surface area contributed by atoms with Crippen molar-refractivity contribution in [3.8, 4) is 67.5 Å². The molecule has 10 rings (SSSR count). The van der Waals surface area contributed by atoms with E-state index < -0.39 is 0 Å². The van der Waals surface area contributed by atoms with Crippen molar-refractivity contribution < 1.29 is 4.42 Å². The minimum absolute atomic E-state index is 0.608. The molecule has 5 nitrogen and oxygen atoms in total. The molecule has 0 saturated heterocycles. The Kier molecular flexibility index (Phi) is 5.51. The molecular weight excluding hydrogens is 576 g/mol. The lowest BCUT2D eigenvalue weighted by atomic mass is 9.94. The summed E-state index contributed by atoms with van der Waals surface area (Å²) in [5.74, 6) is 1.85. The van der Waals surface area contributed by atoms with Gasteiger partial charge in [0.25, 0.3) is 0 Å². The minimum Gasteiger partial charge on any atom is -0.456 e. The number of fused-ring (bicyclic) bond motifs is 6. The number of aromatic nitrogens is 4. The fraction of sp³-hybridized carbons (Fsp3) is 0. The third kappa shape index (κ3) is 3.97. The Hall–Kier alpha value is -6.46. The largest absolute Gasteiger partial charge is 0.456 e. The number of furan rings is 1. The molecule has 6 aromatic carbocycles. The molecule has 9 aromatic rings. The van der Waals surface area contributed by atoms with Gasteiger partial charge in [-0.3, -0.25) is 4.98 Å². The average molecular weight is 601 g/mol. The smallest absolute Gasteiger partial charge is 0.164 e. The first-order chi connectivity index (χ1) is 23.3. The van der Waals surface area contributed by atoms with Crippen LogP contribution >= 0.6 is 0 Å². The summed E-state index contributed by atoms with van der Waals surface area (Å²) in [6, 6.07) is 45.9. The molecular formula is C42H24N4O. The van der Waals surface area contributed by atoms with Crippen molar-refractivity contribution in [3.05, 3.63) is 146 Å². The molecule has 0 fully saturated rings. The lowest BCUT2D eigenvalue weighted by Crippen LogP contribution is -2.00. The zero-order chi connectivity index (χ0) is 30.9. The molecule has 3 heterocycles. The van der Waals surface area contributed by atoms with E-state index in [-0.39, 0.29) is 0 Å². The fourth-order valence-corrected chi connectivity index (χ4v) is 7.05. The molecule has 0 atom stereocenters. The molecule has 1 aliphatic carbocycles. The van der Waals surface area contributed by atoms with E-state index in [9.17, 15) is 0 Å². The lowest BCUT2D eigenvalue weighted by Gasteiger charge is -2.11. The van der Waals surface area contributed by atoms with Crippen LogP contribution in [0.1, 0.15) is 0 Å². The number of nitrogens with zero attached hydrogens (tertiary/aromatic N) is 4. The average Bonchev–Trinajstić information content (AvgIpc) is 3.69. The maximum absolute atomic E-state index is 6.19. The normalized spacial score (nSPS) is 11.8. The highest BCUT2D eigenvalue weighted by Crippen LogP contribution is 2.49. The van der Waals surface area contributed by atoms with Gasteiger partial charge in [-0.15, -0.1) is 0 Å². The van der Waals surface area contributed by atoms with Crippen molar-refractivity contribution in [2.45, 2.75) is 0 Å². The van der Waals surface area contributed by atoms with Crippen molar-refractivity contribution in [1.29, 1.82) is 0 Å². The van der Waals surface area contributed by atoms with Crippen LogP contribution in [0.15, 0.2) is 150 Å². The summed E-state index contributed by atoms with van der Waals surface area (Å²) >= 11 is 0. The van der Waals surface area contributed by atoms with Crippen LogP contribution in [0.4, 0.5) is 0 Å². The number of pyridine rings is 1. The van der Waals surface area contributed by atoms with Crippen molar-refractivity contribution in [2.75, 3.05) is 0 Å². The number of para-hydroxylation sites is 1. The van der Waals surface area contributed by atoms with Crippen molar-refractivity contribution in [2.24, 2.45) is 0 Å². The van der Waals surface area contributed by atoms with E-state index in [1.807, 2.05) is 73.1 Å². The Bertz CT molecular complexity index is 2650. The number of hydrogen-bond acceptors (Lipinski definition) is 5. The van der Waals surface area contributed by atoms with Crippen LogP contribution < -0.4 is 0 Å². The molecule has 0 radical (unpaired) electrons. The first-order valence-electron chi connectivity index (χ1n) is 15.6. The molecule has 0 amide bonds. The molecule has 0 bridgehead atoms. The molecule has 0 N–H and O–H groups in total. The molecule has 0 spiro atoms. The summed E-state index contributed by atoms with van der Waals surface area (Å²) in [5.41, 5.74) is 11.7. The van der Waals surface area contributed by atoms with Gasteiger partial charge in [0.15, 0.2) is 17.5 Å². The van der Waals surface area contributed by atoms with E-state index in [2.05, 4.69) is 77.8 Å². The van der Waals surface area contributed by atoms with Crippen molar-refractivity contribution in [3.63, 3.8) is 0 Å². The lowest BCUT2D eigenvalue weighted by molar-refractivity contribution is 0.669. The summed E-state index contributed by atoms with van der Waals surface area (Å²) in [5, 5.41) is 4.56. The maximum atomic E-state index is 6.19. The second-order valence-electron chi connectivity index (χ2n) is 11.8. The van der Waals surface area contributed by atoms with Crippen LogP contribution in [0.5, 0.6) is 0 Å². The Morgan fingerprint density at radius 3 is 1.87 bits per heavy atom. The molecule has 3 aromatic heterocycles. The van der Waals surface area contributed by atoms with Gasteiger partial charge in [0, 0.05) is 45.4 Å². The van der Waals surface area contributed by atoms with E-state index in [1.165, 1.54) is 38.6 Å². The topological polar surface area (TPSA) is 64.7 Å². The Morgan fingerprint density at radius 2 is 1.00 bits per heavy atom. The van der Waals surface area contributed by atoms with Gasteiger partial charge >= 0.3 is 0 Å². The SMILES string of the molecule is c1ccc(-c2nc(-c3ccc(-c4ccc5c6c(cccc46)-c4ccncc4-5)cc3)nc(-c3cccc4oc5ccccc5c34)n2)cc1. The monoisotopic (exact) mass is 600 g/mol. The van der Waals surface area contributed by atoms with Gasteiger partial charge < -0.3 is 4.42 Å². The third-order valence-electron chi connectivity index (χ3n) is 9.21. The first kappa shape index (κ1) is 25.8. The molecule has 0 saturated carbocycles. The molecule has 218 valence electrons. The van der Waals surface area contributed by atoms with Gasteiger partial charge in [-0.05, 0) is 56.8 Å². The number of benzene rings is 6. The van der Waals surface area contributed by atoms with Crippen molar-refractivity contribution in [1.82, 2.24) is 19.9 Å². The first-order valence-corrected chi connectivity index (χ1v) is 15.6. The fourth-order valence-electron chi connectivity index (χ4n) is 7.05. The Balaban J connectivity index is 1.12. The van der Waals surface area contributed by atoms with E-state index in [4.69, 9.17) is 19.4 Å². The van der Waals surface area contributed by atoms with Gasteiger partial charge in [0.1, 0.15) is 11.2 Å². The highest BCUT2D eigenvalue weighted by Gasteiger charge is 2.23. The van der Waals surface area contributed by atoms with Gasteiger partial charge in [-0.1, -0.05) is 115 Å². The van der Waals surface area contributed by atoms with E-state index >= 15 is 0 Å².